The lowest BCUT2D eigenvalue weighted by Crippen LogP contribution is -2.58. The molecule has 2 aliphatic rings. The molecule has 0 N–H and O–H groups in total. The Morgan fingerprint density at radius 2 is 1.96 bits per heavy atom. The molecule has 27 heavy (non-hydrogen) atoms. The summed E-state index contributed by atoms with van der Waals surface area (Å²) in [5.41, 5.74) is 0.772. The van der Waals surface area contributed by atoms with Gasteiger partial charge in [0.25, 0.3) is 0 Å². The van der Waals surface area contributed by atoms with Gasteiger partial charge in [-0.05, 0) is 25.8 Å². The Kier molecular flexibility index (Phi) is 5.93. The molecule has 3 amide bonds. The molecule has 3 rings (SSSR count). The van der Waals surface area contributed by atoms with Crippen LogP contribution in [0.4, 0.5) is 0 Å². The van der Waals surface area contributed by atoms with Gasteiger partial charge in [0.2, 0.25) is 23.6 Å². The lowest BCUT2D eigenvalue weighted by molar-refractivity contribution is -0.155. The number of aromatic nitrogens is 1. The van der Waals surface area contributed by atoms with Crippen LogP contribution >= 0.6 is 0 Å². The van der Waals surface area contributed by atoms with Gasteiger partial charge in [0.15, 0.2) is 0 Å². The largest absolute Gasteiger partial charge is 0.481 e. The zero-order valence-corrected chi connectivity index (χ0v) is 15.9. The van der Waals surface area contributed by atoms with Crippen LogP contribution in [0.5, 0.6) is 5.88 Å². The van der Waals surface area contributed by atoms with Crippen LogP contribution in [-0.2, 0) is 20.9 Å². The first-order chi connectivity index (χ1) is 13.0. The highest BCUT2D eigenvalue weighted by molar-refractivity contribution is 5.94. The minimum Gasteiger partial charge on any atom is -0.481 e. The number of carbonyl (C=O) groups excluding carboxylic acids is 3. The van der Waals surface area contributed by atoms with Gasteiger partial charge in [0.05, 0.1) is 20.2 Å². The maximum atomic E-state index is 12.7. The first-order valence-corrected chi connectivity index (χ1v) is 9.35. The zero-order valence-electron chi connectivity index (χ0n) is 15.9. The number of hydrogen-bond donors (Lipinski definition) is 0. The number of methoxy groups -OCH3 is 1. The van der Waals surface area contributed by atoms with Crippen LogP contribution in [0.15, 0.2) is 18.3 Å². The van der Waals surface area contributed by atoms with Gasteiger partial charge >= 0.3 is 0 Å². The van der Waals surface area contributed by atoms with E-state index in [4.69, 9.17) is 4.74 Å². The molecule has 0 aromatic carbocycles. The van der Waals surface area contributed by atoms with Crippen LogP contribution in [0, 0.1) is 0 Å². The van der Waals surface area contributed by atoms with Crippen molar-refractivity contribution in [3.8, 4) is 5.88 Å². The molecule has 0 bridgehead atoms. The molecule has 0 saturated carbocycles. The number of hydrogen-bond acceptors (Lipinski definition) is 5. The van der Waals surface area contributed by atoms with Crippen molar-refractivity contribution < 1.29 is 19.1 Å². The number of amides is 3. The van der Waals surface area contributed by atoms with Crippen LogP contribution in [0.3, 0.4) is 0 Å². The van der Waals surface area contributed by atoms with Crippen molar-refractivity contribution >= 4 is 17.7 Å². The molecule has 8 nitrogen and oxygen atoms in total. The standard InChI is InChI=1S/C19H26N4O4/c1-14-19(26)22(11-5-10-21-9-4-7-16(21)24)13-17(25)23(14)12-15-6-3-8-20-18(15)27-2/h3,6,8,14H,4-5,7,9-13H2,1-2H3/t14-/m0/s1. The highest BCUT2D eigenvalue weighted by Crippen LogP contribution is 2.21. The third-order valence-electron chi connectivity index (χ3n) is 5.19. The normalized spacial score (nSPS) is 20.6. The average molecular weight is 374 g/mol. The number of rotatable bonds is 7. The van der Waals surface area contributed by atoms with Crippen molar-refractivity contribution in [1.29, 1.82) is 0 Å². The highest BCUT2D eigenvalue weighted by atomic mass is 16.5. The second-order valence-corrected chi connectivity index (χ2v) is 6.97. The van der Waals surface area contributed by atoms with Crippen LogP contribution in [0.2, 0.25) is 0 Å². The Hall–Kier alpha value is -2.64. The van der Waals surface area contributed by atoms with Crippen molar-refractivity contribution in [2.24, 2.45) is 0 Å². The minimum absolute atomic E-state index is 0.0646. The summed E-state index contributed by atoms with van der Waals surface area (Å²) in [7, 11) is 1.53. The van der Waals surface area contributed by atoms with Gasteiger partial charge < -0.3 is 19.4 Å². The number of piperazine rings is 1. The van der Waals surface area contributed by atoms with Crippen molar-refractivity contribution in [2.45, 2.75) is 38.8 Å². The fourth-order valence-electron chi connectivity index (χ4n) is 3.66. The van der Waals surface area contributed by atoms with E-state index in [0.29, 0.717) is 38.4 Å². The first kappa shape index (κ1) is 19.1. The van der Waals surface area contributed by atoms with E-state index in [1.54, 1.807) is 29.0 Å². The van der Waals surface area contributed by atoms with Crippen molar-refractivity contribution in [3.05, 3.63) is 23.9 Å². The molecule has 0 spiro atoms. The van der Waals surface area contributed by atoms with Crippen LogP contribution in [0.25, 0.3) is 0 Å². The molecule has 3 heterocycles. The summed E-state index contributed by atoms with van der Waals surface area (Å²) in [5.74, 6) is 0.485. The predicted molar refractivity (Wildman–Crippen MR) is 97.8 cm³/mol. The lowest BCUT2D eigenvalue weighted by Gasteiger charge is -2.39. The molecule has 146 valence electrons. The quantitative estimate of drug-likeness (QED) is 0.700. The van der Waals surface area contributed by atoms with Gasteiger partial charge in [-0.1, -0.05) is 6.07 Å². The predicted octanol–water partition coefficient (Wildman–Crippen LogP) is 0.662. The van der Waals surface area contributed by atoms with E-state index in [-0.39, 0.29) is 24.3 Å². The zero-order chi connectivity index (χ0) is 19.4. The summed E-state index contributed by atoms with van der Waals surface area (Å²) in [4.78, 5) is 46.2. The average Bonchev–Trinajstić information content (AvgIpc) is 3.08. The topological polar surface area (TPSA) is 83.1 Å². The van der Waals surface area contributed by atoms with E-state index in [9.17, 15) is 14.4 Å². The summed E-state index contributed by atoms with van der Waals surface area (Å²) < 4.78 is 5.24. The van der Waals surface area contributed by atoms with Crippen LogP contribution < -0.4 is 4.74 Å². The van der Waals surface area contributed by atoms with E-state index < -0.39 is 6.04 Å². The van der Waals surface area contributed by atoms with E-state index >= 15 is 0 Å². The van der Waals surface area contributed by atoms with Crippen LogP contribution in [-0.4, -0.2) is 76.7 Å². The molecule has 2 fully saturated rings. The maximum absolute atomic E-state index is 12.7. The number of pyridine rings is 1. The monoisotopic (exact) mass is 374 g/mol. The maximum Gasteiger partial charge on any atom is 0.245 e. The Labute approximate surface area is 159 Å². The summed E-state index contributed by atoms with van der Waals surface area (Å²) in [6.45, 7) is 4.03. The number of likely N-dealkylation sites (tertiary alicyclic amines) is 1. The van der Waals surface area contributed by atoms with Gasteiger partial charge in [-0.3, -0.25) is 14.4 Å². The van der Waals surface area contributed by atoms with Gasteiger partial charge in [0.1, 0.15) is 6.04 Å². The Bertz CT molecular complexity index is 723. The highest BCUT2D eigenvalue weighted by Gasteiger charge is 2.36. The summed E-state index contributed by atoms with van der Waals surface area (Å²) >= 11 is 0. The van der Waals surface area contributed by atoms with E-state index in [0.717, 1.165) is 18.5 Å². The van der Waals surface area contributed by atoms with Gasteiger partial charge in [-0.25, -0.2) is 4.98 Å². The fourth-order valence-corrected chi connectivity index (χ4v) is 3.66. The molecule has 2 saturated heterocycles. The Morgan fingerprint density at radius 1 is 1.19 bits per heavy atom. The lowest BCUT2D eigenvalue weighted by atomic mass is 10.1. The third kappa shape index (κ3) is 4.20. The van der Waals surface area contributed by atoms with Crippen molar-refractivity contribution in [2.75, 3.05) is 33.3 Å². The molecule has 0 unspecified atom stereocenters. The summed E-state index contributed by atoms with van der Waals surface area (Å²) in [6, 6.07) is 3.09. The number of ether oxygens (including phenoxy) is 1. The van der Waals surface area contributed by atoms with Gasteiger partial charge in [-0.2, -0.15) is 0 Å². The second kappa shape index (κ2) is 8.37. The van der Waals surface area contributed by atoms with E-state index in [1.807, 2.05) is 11.0 Å². The minimum atomic E-state index is -0.537. The molecule has 1 atom stereocenters. The van der Waals surface area contributed by atoms with Crippen molar-refractivity contribution in [1.82, 2.24) is 19.7 Å². The van der Waals surface area contributed by atoms with E-state index in [1.165, 1.54) is 7.11 Å². The van der Waals surface area contributed by atoms with Gasteiger partial charge in [0, 0.05) is 37.8 Å². The van der Waals surface area contributed by atoms with Crippen LogP contribution in [0.1, 0.15) is 31.7 Å². The smallest absolute Gasteiger partial charge is 0.245 e. The number of carbonyl (C=O) groups is 3. The summed E-state index contributed by atoms with van der Waals surface area (Å²) in [5, 5.41) is 0. The molecular formula is C19H26N4O4. The first-order valence-electron chi connectivity index (χ1n) is 9.35. The number of nitrogens with zero attached hydrogens (tertiary/aromatic N) is 4. The van der Waals surface area contributed by atoms with E-state index in [2.05, 4.69) is 4.98 Å². The molecule has 2 aliphatic heterocycles. The molecule has 0 radical (unpaired) electrons. The molecular weight excluding hydrogens is 348 g/mol. The Balaban J connectivity index is 1.58. The summed E-state index contributed by atoms with van der Waals surface area (Å²) in [6.07, 6.45) is 3.84. The Morgan fingerprint density at radius 3 is 2.67 bits per heavy atom. The fraction of sp³-hybridized carbons (Fsp3) is 0.579. The molecule has 1 aromatic heterocycles. The molecule has 1 aromatic rings. The van der Waals surface area contributed by atoms with Gasteiger partial charge in [-0.15, -0.1) is 0 Å². The molecule has 8 heteroatoms. The van der Waals surface area contributed by atoms with Crippen molar-refractivity contribution in [3.63, 3.8) is 0 Å². The third-order valence-corrected chi connectivity index (χ3v) is 5.19. The second-order valence-electron chi connectivity index (χ2n) is 6.97. The SMILES string of the molecule is COc1ncccc1CN1C(=O)CN(CCCN2CCCC2=O)C(=O)[C@@H]1C. The molecule has 0 aliphatic carbocycles.